The van der Waals surface area contributed by atoms with E-state index in [9.17, 15) is 5.11 Å². The second-order valence-electron chi connectivity index (χ2n) is 7.65. The Morgan fingerprint density at radius 3 is 1.91 bits per heavy atom. The van der Waals surface area contributed by atoms with Crippen LogP contribution in [0, 0.1) is 5.92 Å². The molecule has 2 heterocycles. The van der Waals surface area contributed by atoms with Gasteiger partial charge in [-0.2, -0.15) is 0 Å². The number of likely N-dealkylation sites (tertiary alicyclic amines) is 2. The van der Waals surface area contributed by atoms with Gasteiger partial charge in [-0.3, -0.25) is 9.80 Å². The van der Waals surface area contributed by atoms with Gasteiger partial charge in [0.25, 0.3) is 0 Å². The first-order chi connectivity index (χ1) is 10.7. The van der Waals surface area contributed by atoms with Crippen molar-refractivity contribution >= 4 is 0 Å². The summed E-state index contributed by atoms with van der Waals surface area (Å²) in [5, 5.41) is 11.2. The molecule has 22 heavy (non-hydrogen) atoms. The quantitative estimate of drug-likeness (QED) is 0.807. The minimum Gasteiger partial charge on any atom is -0.385 e. The summed E-state index contributed by atoms with van der Waals surface area (Å²) in [5.41, 5.74) is -0.655. The van der Waals surface area contributed by atoms with Gasteiger partial charge in [0.2, 0.25) is 0 Å². The Labute approximate surface area is 136 Å². The summed E-state index contributed by atoms with van der Waals surface area (Å²) in [4.78, 5) is 5.39. The molecular formula is C19H34N2O. The number of aliphatic hydroxyl groups is 1. The van der Waals surface area contributed by atoms with E-state index in [0.717, 1.165) is 19.3 Å². The molecule has 3 rings (SSSR count). The van der Waals surface area contributed by atoms with Crippen LogP contribution >= 0.6 is 0 Å². The molecule has 3 fully saturated rings. The summed E-state index contributed by atoms with van der Waals surface area (Å²) >= 11 is 0. The van der Waals surface area contributed by atoms with Crippen LogP contribution in [0.15, 0.2) is 12.7 Å². The van der Waals surface area contributed by atoms with Crippen LogP contribution in [-0.4, -0.2) is 52.9 Å². The van der Waals surface area contributed by atoms with Crippen molar-refractivity contribution in [3.05, 3.63) is 12.7 Å². The molecule has 2 aliphatic heterocycles. The molecule has 2 saturated heterocycles. The van der Waals surface area contributed by atoms with E-state index in [-0.39, 0.29) is 0 Å². The Morgan fingerprint density at radius 1 is 0.864 bits per heavy atom. The van der Waals surface area contributed by atoms with E-state index in [0.29, 0.717) is 12.1 Å². The molecule has 2 atom stereocenters. The fraction of sp³-hybridized carbons (Fsp3) is 0.895. The predicted molar refractivity (Wildman–Crippen MR) is 91.7 cm³/mol. The summed E-state index contributed by atoms with van der Waals surface area (Å²) in [6.07, 6.45) is 14.8. The number of nitrogens with zero attached hydrogens (tertiary/aromatic N) is 2. The highest BCUT2D eigenvalue weighted by Crippen LogP contribution is 2.40. The number of piperidine rings is 2. The zero-order valence-corrected chi connectivity index (χ0v) is 14.2. The van der Waals surface area contributed by atoms with Crippen molar-refractivity contribution in [3.63, 3.8) is 0 Å². The molecule has 0 aromatic heterocycles. The largest absolute Gasteiger partial charge is 0.385 e. The van der Waals surface area contributed by atoms with Crippen molar-refractivity contribution in [3.8, 4) is 0 Å². The molecule has 1 N–H and O–H groups in total. The molecule has 1 saturated carbocycles. The molecule has 3 nitrogen and oxygen atoms in total. The Balaban J connectivity index is 1.83. The summed E-state index contributed by atoms with van der Waals surface area (Å²) < 4.78 is 0. The molecule has 0 radical (unpaired) electrons. The highest BCUT2D eigenvalue weighted by Gasteiger charge is 2.45. The molecule has 2 unspecified atom stereocenters. The number of hydrogen-bond donors (Lipinski definition) is 1. The maximum Gasteiger partial charge on any atom is 0.0880 e. The Morgan fingerprint density at radius 2 is 1.41 bits per heavy atom. The van der Waals surface area contributed by atoms with Gasteiger partial charge in [-0.15, -0.1) is 6.58 Å². The first-order valence-corrected chi connectivity index (χ1v) is 9.59. The van der Waals surface area contributed by atoms with E-state index in [1.807, 2.05) is 6.08 Å². The summed E-state index contributed by atoms with van der Waals surface area (Å²) in [6.45, 7) is 8.84. The summed E-state index contributed by atoms with van der Waals surface area (Å²) in [7, 11) is 0. The minimum atomic E-state index is -0.655. The monoisotopic (exact) mass is 306 g/mol. The fourth-order valence-corrected chi connectivity index (χ4v) is 4.97. The molecular weight excluding hydrogens is 272 g/mol. The van der Waals surface area contributed by atoms with Crippen LogP contribution in [-0.2, 0) is 0 Å². The Bertz CT molecular complexity index is 342. The van der Waals surface area contributed by atoms with E-state index in [4.69, 9.17) is 0 Å². The highest BCUT2D eigenvalue weighted by molar-refractivity contribution is 5.06. The molecule has 0 aromatic rings. The Kier molecular flexibility index (Phi) is 5.59. The molecule has 3 aliphatic rings. The zero-order chi connectivity index (χ0) is 15.4. The van der Waals surface area contributed by atoms with Crippen molar-refractivity contribution in [2.75, 3.05) is 26.2 Å². The third kappa shape index (κ3) is 3.42. The van der Waals surface area contributed by atoms with E-state index in [2.05, 4.69) is 16.4 Å². The Hall–Kier alpha value is -0.380. The molecule has 0 spiro atoms. The first-order valence-electron chi connectivity index (χ1n) is 9.59. The van der Waals surface area contributed by atoms with Crippen molar-refractivity contribution < 1.29 is 5.11 Å². The van der Waals surface area contributed by atoms with E-state index < -0.39 is 5.60 Å². The van der Waals surface area contributed by atoms with Crippen LogP contribution in [0.5, 0.6) is 0 Å². The average molecular weight is 306 g/mol. The van der Waals surface area contributed by atoms with Gasteiger partial charge < -0.3 is 5.11 Å². The lowest BCUT2D eigenvalue weighted by molar-refractivity contribution is -0.105. The van der Waals surface area contributed by atoms with Gasteiger partial charge in [0.1, 0.15) is 0 Å². The minimum absolute atomic E-state index is 0.343. The maximum atomic E-state index is 11.2. The lowest BCUT2D eigenvalue weighted by Gasteiger charge is -2.52. The fourth-order valence-electron chi connectivity index (χ4n) is 4.97. The second-order valence-corrected chi connectivity index (χ2v) is 7.65. The predicted octanol–water partition coefficient (Wildman–Crippen LogP) is 3.39. The van der Waals surface area contributed by atoms with Crippen LogP contribution in [0.2, 0.25) is 0 Å². The number of hydrogen-bond acceptors (Lipinski definition) is 3. The SMILES string of the molecule is C=CC1(O)CCCCC1C(N1CCCCC1)N1CCCCC1. The maximum absolute atomic E-state index is 11.2. The van der Waals surface area contributed by atoms with Crippen LogP contribution in [0.25, 0.3) is 0 Å². The van der Waals surface area contributed by atoms with Crippen molar-refractivity contribution in [1.29, 1.82) is 0 Å². The molecule has 3 heteroatoms. The van der Waals surface area contributed by atoms with Crippen molar-refractivity contribution in [1.82, 2.24) is 9.80 Å². The molecule has 1 aliphatic carbocycles. The summed E-state index contributed by atoms with van der Waals surface area (Å²) in [5.74, 6) is 0.343. The van der Waals surface area contributed by atoms with E-state index in [1.165, 1.54) is 71.1 Å². The van der Waals surface area contributed by atoms with Crippen molar-refractivity contribution in [2.45, 2.75) is 76.0 Å². The normalized spacial score (nSPS) is 35.6. The zero-order valence-electron chi connectivity index (χ0n) is 14.2. The van der Waals surface area contributed by atoms with Gasteiger partial charge in [0, 0.05) is 5.92 Å². The van der Waals surface area contributed by atoms with Crippen LogP contribution < -0.4 is 0 Å². The van der Waals surface area contributed by atoms with Crippen molar-refractivity contribution in [2.24, 2.45) is 5.92 Å². The van der Waals surface area contributed by atoms with Gasteiger partial charge in [-0.05, 0) is 64.7 Å². The van der Waals surface area contributed by atoms with Crippen LogP contribution in [0.1, 0.15) is 64.2 Å². The van der Waals surface area contributed by atoms with E-state index >= 15 is 0 Å². The third-order valence-electron chi connectivity index (χ3n) is 6.23. The third-order valence-corrected chi connectivity index (χ3v) is 6.23. The first kappa shape index (κ1) is 16.5. The van der Waals surface area contributed by atoms with Gasteiger partial charge >= 0.3 is 0 Å². The lowest BCUT2D eigenvalue weighted by atomic mass is 9.72. The number of rotatable bonds is 4. The van der Waals surface area contributed by atoms with Gasteiger partial charge in [0.15, 0.2) is 0 Å². The highest BCUT2D eigenvalue weighted by atomic mass is 16.3. The average Bonchev–Trinajstić information content (AvgIpc) is 2.59. The lowest BCUT2D eigenvalue weighted by Crippen LogP contribution is -2.61. The van der Waals surface area contributed by atoms with Gasteiger partial charge in [-0.25, -0.2) is 0 Å². The molecule has 0 aromatic carbocycles. The van der Waals surface area contributed by atoms with E-state index in [1.54, 1.807) is 0 Å². The smallest absolute Gasteiger partial charge is 0.0880 e. The summed E-state index contributed by atoms with van der Waals surface area (Å²) in [6, 6.07) is 0. The topological polar surface area (TPSA) is 26.7 Å². The van der Waals surface area contributed by atoms with Crippen LogP contribution in [0.4, 0.5) is 0 Å². The van der Waals surface area contributed by atoms with Gasteiger partial charge in [0.05, 0.1) is 11.8 Å². The standard InChI is InChI=1S/C19H34N2O/c1-2-19(22)12-6-5-11-17(19)18(20-13-7-3-8-14-20)21-15-9-4-10-16-21/h2,17-18,22H,1,3-16H2. The molecule has 0 amide bonds. The molecule has 0 bridgehead atoms. The molecule has 126 valence electrons. The van der Waals surface area contributed by atoms with Gasteiger partial charge in [-0.1, -0.05) is 31.8 Å². The van der Waals surface area contributed by atoms with Crippen LogP contribution in [0.3, 0.4) is 0 Å². The second kappa shape index (κ2) is 7.46.